The van der Waals surface area contributed by atoms with Crippen molar-refractivity contribution in [3.8, 4) is 0 Å². The van der Waals surface area contributed by atoms with Crippen molar-refractivity contribution in [2.45, 2.75) is 12.1 Å². The summed E-state index contributed by atoms with van der Waals surface area (Å²) in [6.07, 6.45) is 0. The fourth-order valence-electron chi connectivity index (χ4n) is 4.90. The smallest absolute Gasteiger partial charge is 0.173 e. The molecule has 2 atom stereocenters. The van der Waals surface area contributed by atoms with E-state index >= 15 is 0 Å². The molecule has 0 amide bonds. The highest BCUT2D eigenvalue weighted by Crippen LogP contribution is 2.38. The van der Waals surface area contributed by atoms with Crippen LogP contribution in [0.5, 0.6) is 0 Å². The zero-order chi connectivity index (χ0) is 30.2. The van der Waals surface area contributed by atoms with Crippen molar-refractivity contribution in [1.82, 2.24) is 9.80 Å². The van der Waals surface area contributed by atoms with Gasteiger partial charge in [0.25, 0.3) is 0 Å². The maximum Gasteiger partial charge on any atom is 0.173 e. The number of rotatable bonds is 9. The van der Waals surface area contributed by atoms with E-state index in [1.54, 1.807) is 0 Å². The van der Waals surface area contributed by atoms with Gasteiger partial charge in [0, 0.05) is 65.0 Å². The number of likely N-dealkylation sites (N-methyl/N-ethyl adjacent to an activating group) is 2. The van der Waals surface area contributed by atoms with Crippen LogP contribution in [0.15, 0.2) is 109 Å². The number of nitrogens with zero attached hydrogens (tertiary/aromatic N) is 4. The van der Waals surface area contributed by atoms with Gasteiger partial charge in [-0.15, -0.1) is 0 Å². The van der Waals surface area contributed by atoms with Crippen LogP contribution in [-0.4, -0.2) is 62.3 Å². The molecule has 8 heteroatoms. The van der Waals surface area contributed by atoms with Crippen LogP contribution in [0, 0.1) is 0 Å². The van der Waals surface area contributed by atoms with Crippen LogP contribution in [0.3, 0.4) is 0 Å². The summed E-state index contributed by atoms with van der Waals surface area (Å²) >= 11 is 12.0. The molecule has 0 heterocycles. The minimum atomic E-state index is -0.157. The Morgan fingerprint density at radius 1 is 0.476 bits per heavy atom. The van der Waals surface area contributed by atoms with Crippen molar-refractivity contribution in [3.63, 3.8) is 0 Å². The molecule has 0 aromatic heterocycles. The second-order valence-electron chi connectivity index (χ2n) is 10.7. The number of thiocarbonyl (C=S) groups is 2. The topological polar surface area (TPSA) is 37.0 Å². The lowest BCUT2D eigenvalue weighted by molar-refractivity contribution is 0.221. The molecule has 42 heavy (non-hydrogen) atoms. The third kappa shape index (κ3) is 7.57. The molecule has 218 valence electrons. The van der Waals surface area contributed by atoms with E-state index in [2.05, 4.69) is 127 Å². The van der Waals surface area contributed by atoms with E-state index in [1.165, 1.54) is 0 Å². The van der Waals surface area contributed by atoms with Gasteiger partial charge in [-0.25, -0.2) is 0 Å². The second-order valence-corrected chi connectivity index (χ2v) is 11.4. The van der Waals surface area contributed by atoms with E-state index in [1.807, 2.05) is 54.4 Å². The Balaban J connectivity index is 1.67. The van der Waals surface area contributed by atoms with Crippen molar-refractivity contribution in [1.29, 1.82) is 0 Å². The Bertz CT molecular complexity index is 1330. The van der Waals surface area contributed by atoms with Gasteiger partial charge in [-0.1, -0.05) is 60.7 Å². The number of nitrogens with one attached hydrogen (secondary N) is 2. The van der Waals surface area contributed by atoms with Crippen LogP contribution in [0.4, 0.5) is 22.7 Å². The average Bonchev–Trinajstić information content (AvgIpc) is 3.00. The summed E-state index contributed by atoms with van der Waals surface area (Å²) in [5.41, 5.74) is 6.39. The van der Waals surface area contributed by atoms with Crippen molar-refractivity contribution < 1.29 is 0 Å². The second kappa shape index (κ2) is 14.2. The van der Waals surface area contributed by atoms with E-state index in [0.29, 0.717) is 10.2 Å². The minimum Gasteiger partial charge on any atom is -0.378 e. The first-order valence-corrected chi connectivity index (χ1v) is 14.7. The molecule has 2 N–H and O–H groups in total. The molecule has 6 nitrogen and oxygen atoms in total. The van der Waals surface area contributed by atoms with Gasteiger partial charge in [-0.2, -0.15) is 0 Å². The largest absolute Gasteiger partial charge is 0.378 e. The molecular formula is C34H40N6S2. The average molecular weight is 597 g/mol. The fourth-order valence-corrected chi connectivity index (χ4v) is 5.36. The molecule has 0 unspecified atom stereocenters. The summed E-state index contributed by atoms with van der Waals surface area (Å²) in [5.74, 6) is 0. The van der Waals surface area contributed by atoms with Gasteiger partial charge in [0.05, 0.1) is 12.1 Å². The lowest BCUT2D eigenvalue weighted by Gasteiger charge is -2.42. The maximum atomic E-state index is 6.01. The highest BCUT2D eigenvalue weighted by Gasteiger charge is 2.34. The highest BCUT2D eigenvalue weighted by molar-refractivity contribution is 7.80. The normalized spacial score (nSPS) is 12.0. The zero-order valence-electron chi connectivity index (χ0n) is 25.2. The van der Waals surface area contributed by atoms with Crippen molar-refractivity contribution in [3.05, 3.63) is 120 Å². The van der Waals surface area contributed by atoms with Crippen molar-refractivity contribution in [2.24, 2.45) is 0 Å². The van der Waals surface area contributed by atoms with Crippen molar-refractivity contribution in [2.75, 3.05) is 62.7 Å². The SMILES string of the molecule is CN(C)c1ccc(NC(=S)N(C)[C@H](c2ccccc2)[C@@H](c2ccccc2)N(C)C(=S)Nc2ccc(N(C)C)cc2)cc1. The van der Waals surface area contributed by atoms with Gasteiger partial charge in [-0.05, 0) is 84.1 Å². The van der Waals surface area contributed by atoms with Gasteiger partial charge < -0.3 is 30.2 Å². The number of hydrogen-bond acceptors (Lipinski definition) is 4. The van der Waals surface area contributed by atoms with E-state index in [4.69, 9.17) is 24.4 Å². The fraction of sp³-hybridized carbons (Fsp3) is 0.235. The molecule has 0 saturated carbocycles. The molecule has 0 aliphatic carbocycles. The summed E-state index contributed by atoms with van der Waals surface area (Å²) < 4.78 is 0. The molecular weight excluding hydrogens is 557 g/mol. The van der Waals surface area contributed by atoms with Crippen LogP contribution >= 0.6 is 24.4 Å². The Kier molecular flexibility index (Phi) is 10.4. The zero-order valence-corrected chi connectivity index (χ0v) is 26.8. The van der Waals surface area contributed by atoms with Gasteiger partial charge in [0.1, 0.15) is 0 Å². The van der Waals surface area contributed by atoms with E-state index in [-0.39, 0.29) is 12.1 Å². The third-order valence-electron chi connectivity index (χ3n) is 7.33. The highest BCUT2D eigenvalue weighted by atomic mass is 32.1. The van der Waals surface area contributed by atoms with Gasteiger partial charge >= 0.3 is 0 Å². The minimum absolute atomic E-state index is 0.157. The Morgan fingerprint density at radius 2 is 0.786 bits per heavy atom. The molecule has 0 aliphatic heterocycles. The molecule has 0 radical (unpaired) electrons. The Morgan fingerprint density at radius 3 is 1.07 bits per heavy atom. The predicted molar refractivity (Wildman–Crippen MR) is 188 cm³/mol. The Hall–Kier alpha value is -4.14. The summed E-state index contributed by atoms with van der Waals surface area (Å²) in [7, 11) is 12.2. The van der Waals surface area contributed by atoms with Gasteiger partial charge in [0.2, 0.25) is 0 Å². The molecule has 0 aliphatic rings. The first kappa shape index (κ1) is 30.8. The first-order valence-electron chi connectivity index (χ1n) is 13.9. The van der Waals surface area contributed by atoms with Gasteiger partial charge in [-0.3, -0.25) is 0 Å². The summed E-state index contributed by atoms with van der Waals surface area (Å²) in [6, 6.07) is 37.1. The monoisotopic (exact) mass is 596 g/mol. The van der Waals surface area contributed by atoms with Crippen LogP contribution < -0.4 is 20.4 Å². The maximum absolute atomic E-state index is 6.01. The van der Waals surface area contributed by atoms with Crippen LogP contribution in [0.25, 0.3) is 0 Å². The third-order valence-corrected chi connectivity index (χ3v) is 8.11. The van der Waals surface area contributed by atoms with Gasteiger partial charge in [0.15, 0.2) is 10.2 Å². The first-order chi connectivity index (χ1) is 20.2. The molecule has 4 aromatic carbocycles. The predicted octanol–water partition coefficient (Wildman–Crippen LogP) is 7.26. The lowest BCUT2D eigenvalue weighted by Crippen LogP contribution is -2.45. The van der Waals surface area contributed by atoms with E-state index in [0.717, 1.165) is 33.9 Å². The quantitative estimate of drug-likeness (QED) is 0.196. The van der Waals surface area contributed by atoms with Crippen LogP contribution in [0.2, 0.25) is 0 Å². The van der Waals surface area contributed by atoms with Crippen LogP contribution in [-0.2, 0) is 0 Å². The standard InChI is InChI=1S/C34H40N6S2/c1-37(2)29-21-17-27(18-22-29)35-33(41)39(5)31(25-13-9-7-10-14-25)32(26-15-11-8-12-16-26)40(6)34(42)36-28-19-23-30(24-20-28)38(3)4/h7-24,31-32H,1-6H3,(H,35,41)(H,36,42)/t31-,32-/m1/s1. The number of hydrogen-bond donors (Lipinski definition) is 2. The number of benzene rings is 4. The van der Waals surface area contributed by atoms with Crippen molar-refractivity contribution >= 4 is 57.4 Å². The van der Waals surface area contributed by atoms with E-state index < -0.39 is 0 Å². The summed E-state index contributed by atoms with van der Waals surface area (Å²) in [5, 5.41) is 8.15. The van der Waals surface area contributed by atoms with Crippen LogP contribution in [0.1, 0.15) is 23.2 Å². The Labute approximate surface area is 261 Å². The summed E-state index contributed by atoms with van der Waals surface area (Å²) in [6.45, 7) is 0. The number of anilines is 4. The molecule has 0 saturated heterocycles. The molecule has 0 spiro atoms. The lowest BCUT2D eigenvalue weighted by atomic mass is 9.91. The molecule has 4 rings (SSSR count). The summed E-state index contributed by atoms with van der Waals surface area (Å²) in [4.78, 5) is 8.42. The van der Waals surface area contributed by atoms with E-state index in [9.17, 15) is 0 Å². The molecule has 4 aromatic rings. The molecule has 0 bridgehead atoms. The molecule has 0 fully saturated rings.